The number of carbonyl (C=O) groups excluding carboxylic acids is 2. The Bertz CT molecular complexity index is 1330. The lowest BCUT2D eigenvalue weighted by Gasteiger charge is -2.32. The summed E-state index contributed by atoms with van der Waals surface area (Å²) < 4.78 is 34.3. The van der Waals surface area contributed by atoms with Crippen molar-refractivity contribution in [1.82, 2.24) is 10.2 Å². The molecular formula is C30H37N3O5S. The minimum absolute atomic E-state index is 0.0717. The first-order valence-electron chi connectivity index (χ1n) is 13.1. The highest BCUT2D eigenvalue weighted by Crippen LogP contribution is 2.26. The Kier molecular flexibility index (Phi) is 10.5. The number of likely N-dealkylation sites (N-methyl/N-ethyl adjacent to an activating group) is 1. The third-order valence-electron chi connectivity index (χ3n) is 6.33. The van der Waals surface area contributed by atoms with Gasteiger partial charge in [0, 0.05) is 13.1 Å². The second-order valence-corrected chi connectivity index (χ2v) is 11.0. The number of nitrogens with one attached hydrogen (secondary N) is 1. The maximum absolute atomic E-state index is 13.8. The highest BCUT2D eigenvalue weighted by atomic mass is 32.2. The van der Waals surface area contributed by atoms with Crippen LogP contribution in [0.4, 0.5) is 5.69 Å². The number of nitrogens with zero attached hydrogens (tertiary/aromatic N) is 2. The molecule has 8 nitrogen and oxygen atoms in total. The van der Waals surface area contributed by atoms with Crippen LogP contribution in [0.2, 0.25) is 0 Å². The Morgan fingerprint density at radius 3 is 2.15 bits per heavy atom. The summed E-state index contributed by atoms with van der Waals surface area (Å²) in [6, 6.07) is 21.9. The lowest BCUT2D eigenvalue weighted by molar-refractivity contribution is -0.138. The number of hydrogen-bond acceptors (Lipinski definition) is 5. The monoisotopic (exact) mass is 551 g/mol. The molecule has 3 aromatic rings. The molecule has 0 heterocycles. The normalized spacial score (nSPS) is 11.9. The molecule has 208 valence electrons. The number of ether oxygens (including phenoxy) is 1. The van der Waals surface area contributed by atoms with Crippen LogP contribution in [0.15, 0.2) is 83.8 Å². The molecule has 39 heavy (non-hydrogen) atoms. The van der Waals surface area contributed by atoms with Crippen molar-refractivity contribution in [3.05, 3.63) is 90.0 Å². The Morgan fingerprint density at radius 2 is 1.56 bits per heavy atom. The second-order valence-electron chi connectivity index (χ2n) is 9.14. The number of anilines is 1. The molecular weight excluding hydrogens is 514 g/mol. The molecule has 0 bridgehead atoms. The molecule has 2 amide bonds. The quantitative estimate of drug-likeness (QED) is 0.344. The van der Waals surface area contributed by atoms with E-state index in [-0.39, 0.29) is 17.3 Å². The van der Waals surface area contributed by atoms with Gasteiger partial charge in [-0.15, -0.1) is 0 Å². The Hall–Kier alpha value is -3.85. The molecule has 0 aliphatic heterocycles. The zero-order valence-electron chi connectivity index (χ0n) is 23.0. The van der Waals surface area contributed by atoms with E-state index in [4.69, 9.17) is 4.74 Å². The fourth-order valence-corrected chi connectivity index (χ4v) is 5.55. The Labute approximate surface area is 231 Å². The third kappa shape index (κ3) is 7.83. The van der Waals surface area contributed by atoms with Crippen molar-refractivity contribution in [1.29, 1.82) is 0 Å². The summed E-state index contributed by atoms with van der Waals surface area (Å²) in [6.45, 7) is 7.87. The van der Waals surface area contributed by atoms with E-state index in [1.54, 1.807) is 43.3 Å². The number of benzene rings is 3. The van der Waals surface area contributed by atoms with Crippen molar-refractivity contribution in [2.45, 2.75) is 45.1 Å². The average molecular weight is 552 g/mol. The minimum atomic E-state index is -4.10. The van der Waals surface area contributed by atoms with Crippen LogP contribution in [-0.4, -0.2) is 57.4 Å². The minimum Gasteiger partial charge on any atom is -0.494 e. The van der Waals surface area contributed by atoms with Gasteiger partial charge in [-0.2, -0.15) is 0 Å². The first-order chi connectivity index (χ1) is 18.7. The number of aryl methyl sites for hydroxylation is 1. The van der Waals surface area contributed by atoms with Crippen LogP contribution in [0.1, 0.15) is 31.9 Å². The SMILES string of the molecule is CCNC(=O)[C@H](C)N(CCc1ccccc1)C(=O)CN(c1ccc(OCC)cc1)S(=O)(=O)c1ccc(C)cc1. The molecule has 0 aliphatic rings. The molecule has 0 fully saturated rings. The van der Waals surface area contributed by atoms with Crippen LogP contribution < -0.4 is 14.4 Å². The van der Waals surface area contributed by atoms with E-state index in [1.165, 1.54) is 17.0 Å². The Morgan fingerprint density at radius 1 is 0.923 bits per heavy atom. The lowest BCUT2D eigenvalue weighted by atomic mass is 10.1. The van der Waals surface area contributed by atoms with Gasteiger partial charge in [-0.05, 0) is 76.1 Å². The zero-order valence-corrected chi connectivity index (χ0v) is 23.8. The molecule has 0 aliphatic carbocycles. The number of amides is 2. The number of rotatable bonds is 13. The molecule has 3 rings (SSSR count). The number of hydrogen-bond donors (Lipinski definition) is 1. The van der Waals surface area contributed by atoms with Gasteiger partial charge < -0.3 is 15.0 Å². The molecule has 1 N–H and O–H groups in total. The summed E-state index contributed by atoms with van der Waals surface area (Å²) in [6.07, 6.45) is 0.518. The highest BCUT2D eigenvalue weighted by Gasteiger charge is 2.32. The maximum atomic E-state index is 13.8. The van der Waals surface area contributed by atoms with Gasteiger partial charge in [-0.25, -0.2) is 8.42 Å². The summed E-state index contributed by atoms with van der Waals surface area (Å²) >= 11 is 0. The van der Waals surface area contributed by atoms with Crippen LogP contribution in [0, 0.1) is 6.92 Å². The predicted octanol–water partition coefficient (Wildman–Crippen LogP) is 4.18. The van der Waals surface area contributed by atoms with Gasteiger partial charge >= 0.3 is 0 Å². The summed E-state index contributed by atoms with van der Waals surface area (Å²) in [5, 5.41) is 2.76. The van der Waals surface area contributed by atoms with Crippen molar-refractivity contribution < 1.29 is 22.7 Å². The van der Waals surface area contributed by atoms with E-state index in [2.05, 4.69) is 5.32 Å². The first kappa shape index (κ1) is 29.7. The van der Waals surface area contributed by atoms with E-state index < -0.39 is 28.5 Å². The average Bonchev–Trinajstić information content (AvgIpc) is 2.93. The van der Waals surface area contributed by atoms with E-state index in [9.17, 15) is 18.0 Å². The van der Waals surface area contributed by atoms with E-state index in [1.807, 2.05) is 51.1 Å². The van der Waals surface area contributed by atoms with E-state index in [0.717, 1.165) is 15.4 Å². The van der Waals surface area contributed by atoms with Gasteiger partial charge in [-0.1, -0.05) is 48.0 Å². The number of sulfonamides is 1. The summed E-state index contributed by atoms with van der Waals surface area (Å²) in [4.78, 5) is 28.1. The Balaban J connectivity index is 1.97. The van der Waals surface area contributed by atoms with Crippen molar-refractivity contribution in [2.24, 2.45) is 0 Å². The van der Waals surface area contributed by atoms with E-state index >= 15 is 0 Å². The molecule has 9 heteroatoms. The molecule has 0 saturated carbocycles. The lowest BCUT2D eigenvalue weighted by Crippen LogP contribution is -2.52. The van der Waals surface area contributed by atoms with Crippen LogP contribution in [0.3, 0.4) is 0 Å². The first-order valence-corrected chi connectivity index (χ1v) is 14.5. The fraction of sp³-hybridized carbons (Fsp3) is 0.333. The van der Waals surface area contributed by atoms with Crippen LogP contribution in [0.25, 0.3) is 0 Å². The summed E-state index contributed by atoms with van der Waals surface area (Å²) in [5.74, 6) is -0.184. The van der Waals surface area contributed by atoms with Crippen LogP contribution >= 0.6 is 0 Å². The van der Waals surface area contributed by atoms with Crippen molar-refractivity contribution >= 4 is 27.5 Å². The smallest absolute Gasteiger partial charge is 0.264 e. The van der Waals surface area contributed by atoms with Crippen molar-refractivity contribution in [3.8, 4) is 5.75 Å². The summed E-state index contributed by atoms with van der Waals surface area (Å²) in [7, 11) is -4.10. The van der Waals surface area contributed by atoms with Gasteiger partial charge in [0.05, 0.1) is 17.2 Å². The highest BCUT2D eigenvalue weighted by molar-refractivity contribution is 7.92. The number of carbonyl (C=O) groups is 2. The third-order valence-corrected chi connectivity index (χ3v) is 8.11. The van der Waals surface area contributed by atoms with Crippen LogP contribution in [-0.2, 0) is 26.0 Å². The molecule has 3 aromatic carbocycles. The van der Waals surface area contributed by atoms with Gasteiger partial charge in [0.1, 0.15) is 18.3 Å². The van der Waals surface area contributed by atoms with Gasteiger partial charge in [0.25, 0.3) is 10.0 Å². The standard InChI is InChI=1S/C30H37N3O5S/c1-5-31-30(35)24(4)32(21-20-25-10-8-7-9-11-25)29(34)22-33(26-14-16-27(17-15-26)38-6-2)39(36,37)28-18-12-23(3)13-19-28/h7-19,24H,5-6,20-22H2,1-4H3,(H,31,35)/t24-/m0/s1. The van der Waals surface area contributed by atoms with Gasteiger partial charge in [-0.3, -0.25) is 13.9 Å². The van der Waals surface area contributed by atoms with Crippen LogP contribution in [0.5, 0.6) is 5.75 Å². The predicted molar refractivity (Wildman–Crippen MR) is 153 cm³/mol. The van der Waals surface area contributed by atoms with Crippen molar-refractivity contribution in [3.63, 3.8) is 0 Å². The molecule has 1 atom stereocenters. The molecule has 0 saturated heterocycles. The molecule has 0 aromatic heterocycles. The van der Waals surface area contributed by atoms with Gasteiger partial charge in [0.2, 0.25) is 11.8 Å². The zero-order chi connectivity index (χ0) is 28.4. The second kappa shape index (κ2) is 13.8. The molecule has 0 radical (unpaired) electrons. The molecule has 0 spiro atoms. The summed E-state index contributed by atoms with van der Waals surface area (Å²) in [5.41, 5.74) is 2.25. The maximum Gasteiger partial charge on any atom is 0.264 e. The molecule has 0 unspecified atom stereocenters. The van der Waals surface area contributed by atoms with Gasteiger partial charge in [0.15, 0.2) is 0 Å². The topological polar surface area (TPSA) is 96.0 Å². The largest absolute Gasteiger partial charge is 0.494 e. The van der Waals surface area contributed by atoms with Crippen molar-refractivity contribution in [2.75, 3.05) is 30.5 Å². The fourth-order valence-electron chi connectivity index (χ4n) is 4.13. The van der Waals surface area contributed by atoms with E-state index in [0.29, 0.717) is 31.0 Å².